The molecule has 30 heavy (non-hydrogen) atoms. The lowest BCUT2D eigenvalue weighted by Gasteiger charge is -2.24. The van der Waals surface area contributed by atoms with Crippen molar-refractivity contribution in [3.8, 4) is 5.75 Å². The van der Waals surface area contributed by atoms with Gasteiger partial charge in [0.05, 0.1) is 30.9 Å². The largest absolute Gasteiger partial charge is 0.507 e. The van der Waals surface area contributed by atoms with E-state index in [0.29, 0.717) is 24.5 Å². The minimum Gasteiger partial charge on any atom is -0.507 e. The summed E-state index contributed by atoms with van der Waals surface area (Å²) in [6.07, 6.45) is 0.880. The number of carbonyl (C=O) groups is 2. The zero-order chi connectivity index (χ0) is 21.7. The molecule has 1 aliphatic heterocycles. The molecule has 160 valence electrons. The summed E-state index contributed by atoms with van der Waals surface area (Å²) in [5.74, 6) is -0.898. The first-order valence-electron chi connectivity index (χ1n) is 10.1. The number of hydrogen-bond donors (Lipinski definition) is 1. The molecule has 2 heterocycles. The second-order valence-electron chi connectivity index (χ2n) is 7.30. The van der Waals surface area contributed by atoms with Crippen LogP contribution in [0.5, 0.6) is 5.75 Å². The van der Waals surface area contributed by atoms with Gasteiger partial charge >= 0.3 is 0 Å². The van der Waals surface area contributed by atoms with E-state index >= 15 is 0 Å². The van der Waals surface area contributed by atoms with Gasteiger partial charge in [-0.1, -0.05) is 25.1 Å². The highest BCUT2D eigenvalue weighted by atomic mass is 32.1. The maximum absolute atomic E-state index is 12.9. The van der Waals surface area contributed by atoms with Crippen molar-refractivity contribution in [2.75, 3.05) is 19.8 Å². The molecule has 7 heteroatoms. The summed E-state index contributed by atoms with van der Waals surface area (Å²) in [6, 6.07) is 10.0. The number of ether oxygens (including phenoxy) is 2. The fraction of sp³-hybridized carbons (Fsp3) is 0.391. The van der Waals surface area contributed by atoms with E-state index in [1.165, 1.54) is 16.2 Å². The lowest BCUT2D eigenvalue weighted by Crippen LogP contribution is -2.33. The van der Waals surface area contributed by atoms with Crippen LogP contribution in [-0.4, -0.2) is 47.6 Å². The van der Waals surface area contributed by atoms with E-state index in [2.05, 4.69) is 0 Å². The number of aliphatic hydroxyl groups is 1. The van der Waals surface area contributed by atoms with Crippen LogP contribution < -0.4 is 4.74 Å². The Hall–Kier alpha value is -2.64. The Labute approximate surface area is 180 Å². The predicted molar refractivity (Wildman–Crippen MR) is 117 cm³/mol. The molecule has 0 aliphatic carbocycles. The summed E-state index contributed by atoms with van der Waals surface area (Å²) in [7, 11) is 0. The van der Waals surface area contributed by atoms with Crippen LogP contribution in [-0.2, 0) is 14.3 Å². The number of likely N-dealkylation sites (tertiary alicyclic amines) is 1. The number of nitrogens with zero attached hydrogens (tertiary/aromatic N) is 1. The van der Waals surface area contributed by atoms with Crippen LogP contribution in [0.2, 0.25) is 0 Å². The number of ketones is 1. The number of aliphatic hydroxyl groups excluding tert-OH is 1. The van der Waals surface area contributed by atoms with Gasteiger partial charge in [-0.2, -0.15) is 0 Å². The SMILES string of the molecule is CCCOc1cccc(/C(O)=C2/C(=O)C(=O)N(CCOC(C)C)C2c2cccs2)c1. The van der Waals surface area contributed by atoms with Crippen molar-refractivity contribution in [3.05, 3.63) is 57.8 Å². The summed E-state index contributed by atoms with van der Waals surface area (Å²) in [5, 5.41) is 12.9. The van der Waals surface area contributed by atoms with Crippen molar-refractivity contribution in [1.29, 1.82) is 0 Å². The van der Waals surface area contributed by atoms with Crippen LogP contribution in [0.25, 0.3) is 5.76 Å². The molecule has 0 saturated carbocycles. The van der Waals surface area contributed by atoms with Crippen molar-refractivity contribution < 1.29 is 24.2 Å². The van der Waals surface area contributed by atoms with Gasteiger partial charge in [0.2, 0.25) is 0 Å². The summed E-state index contributed by atoms with van der Waals surface area (Å²) in [5.41, 5.74) is 0.543. The molecule has 0 spiro atoms. The third kappa shape index (κ3) is 4.74. The fourth-order valence-electron chi connectivity index (χ4n) is 3.35. The van der Waals surface area contributed by atoms with Gasteiger partial charge in [-0.25, -0.2) is 0 Å². The highest BCUT2D eigenvalue weighted by Gasteiger charge is 2.46. The van der Waals surface area contributed by atoms with Gasteiger partial charge in [0.25, 0.3) is 11.7 Å². The van der Waals surface area contributed by atoms with E-state index in [0.717, 1.165) is 11.3 Å². The molecule has 2 aromatic rings. The first-order valence-corrected chi connectivity index (χ1v) is 11.0. The van der Waals surface area contributed by atoms with Crippen LogP contribution in [0, 0.1) is 0 Å². The molecule has 0 radical (unpaired) electrons. The van der Waals surface area contributed by atoms with Gasteiger partial charge in [-0.05, 0) is 43.8 Å². The minimum atomic E-state index is -0.685. The number of thiophene rings is 1. The van der Waals surface area contributed by atoms with E-state index in [9.17, 15) is 14.7 Å². The van der Waals surface area contributed by atoms with E-state index in [1.807, 2.05) is 38.3 Å². The topological polar surface area (TPSA) is 76.1 Å². The summed E-state index contributed by atoms with van der Waals surface area (Å²) in [6.45, 7) is 6.97. The minimum absolute atomic E-state index is 0.0212. The molecule has 1 aromatic carbocycles. The molecule has 1 unspecified atom stereocenters. The Bertz CT molecular complexity index is 919. The molecule has 1 aromatic heterocycles. The van der Waals surface area contributed by atoms with Crippen LogP contribution in [0.4, 0.5) is 0 Å². The Balaban J connectivity index is 2.00. The van der Waals surface area contributed by atoms with Gasteiger partial charge in [0.15, 0.2) is 0 Å². The number of hydrogen-bond acceptors (Lipinski definition) is 6. The van der Waals surface area contributed by atoms with Crippen LogP contribution >= 0.6 is 11.3 Å². The van der Waals surface area contributed by atoms with E-state index in [4.69, 9.17) is 9.47 Å². The van der Waals surface area contributed by atoms with Gasteiger partial charge < -0.3 is 19.5 Å². The zero-order valence-electron chi connectivity index (χ0n) is 17.5. The molecule has 1 aliphatic rings. The monoisotopic (exact) mass is 429 g/mol. The molecule has 6 nitrogen and oxygen atoms in total. The van der Waals surface area contributed by atoms with E-state index < -0.39 is 17.7 Å². The Kier molecular flexibility index (Phi) is 7.29. The third-order valence-corrected chi connectivity index (χ3v) is 5.64. The van der Waals surface area contributed by atoms with Gasteiger partial charge in [0, 0.05) is 17.0 Å². The molecule has 3 rings (SSSR count). The number of amides is 1. The first-order chi connectivity index (χ1) is 14.4. The molecule has 1 atom stereocenters. The standard InChI is InChI=1S/C23H27NO5S/c1-4-11-29-17-8-5-7-16(14-17)21(25)19-20(18-9-6-13-30-18)24(23(27)22(19)26)10-12-28-15(2)3/h5-9,13-15,20,25H,4,10-12H2,1-3H3/b21-19-. The number of rotatable bonds is 9. The van der Waals surface area contributed by atoms with Gasteiger partial charge in [-0.3, -0.25) is 9.59 Å². The second kappa shape index (κ2) is 9.91. The van der Waals surface area contributed by atoms with Crippen LogP contribution in [0.3, 0.4) is 0 Å². The van der Waals surface area contributed by atoms with Crippen molar-refractivity contribution in [2.24, 2.45) is 0 Å². The molecule has 1 N–H and O–H groups in total. The average molecular weight is 430 g/mol. The molecule has 1 fully saturated rings. The Morgan fingerprint density at radius 3 is 2.67 bits per heavy atom. The molecule has 1 saturated heterocycles. The van der Waals surface area contributed by atoms with Crippen molar-refractivity contribution in [2.45, 2.75) is 39.3 Å². The quantitative estimate of drug-likeness (QED) is 0.364. The normalized spacial score (nSPS) is 18.4. The molecular weight excluding hydrogens is 402 g/mol. The first kappa shape index (κ1) is 22.1. The summed E-state index contributed by atoms with van der Waals surface area (Å²) < 4.78 is 11.2. The van der Waals surface area contributed by atoms with Gasteiger partial charge in [0.1, 0.15) is 11.5 Å². The van der Waals surface area contributed by atoms with Crippen molar-refractivity contribution in [1.82, 2.24) is 4.90 Å². The lowest BCUT2D eigenvalue weighted by atomic mass is 10.00. The van der Waals surface area contributed by atoms with E-state index in [-0.39, 0.29) is 24.0 Å². The van der Waals surface area contributed by atoms with Crippen molar-refractivity contribution in [3.63, 3.8) is 0 Å². The molecule has 1 amide bonds. The maximum Gasteiger partial charge on any atom is 0.295 e. The highest BCUT2D eigenvalue weighted by molar-refractivity contribution is 7.10. The number of benzene rings is 1. The zero-order valence-corrected chi connectivity index (χ0v) is 18.3. The summed E-state index contributed by atoms with van der Waals surface area (Å²) >= 11 is 1.44. The number of Topliss-reactive ketones (excluding diaryl/α,β-unsaturated/α-hetero) is 1. The maximum atomic E-state index is 12.9. The Morgan fingerprint density at radius 1 is 1.20 bits per heavy atom. The molecular formula is C23H27NO5S. The smallest absolute Gasteiger partial charge is 0.295 e. The molecule has 0 bridgehead atoms. The lowest BCUT2D eigenvalue weighted by molar-refractivity contribution is -0.140. The average Bonchev–Trinajstić information content (AvgIpc) is 3.34. The van der Waals surface area contributed by atoms with Crippen molar-refractivity contribution >= 4 is 28.8 Å². The number of carbonyl (C=O) groups excluding carboxylic acids is 2. The predicted octanol–water partition coefficient (Wildman–Crippen LogP) is 4.38. The summed E-state index contributed by atoms with van der Waals surface area (Å²) in [4.78, 5) is 28.0. The Morgan fingerprint density at radius 2 is 2.00 bits per heavy atom. The highest BCUT2D eigenvalue weighted by Crippen LogP contribution is 2.41. The van der Waals surface area contributed by atoms with Gasteiger partial charge in [-0.15, -0.1) is 11.3 Å². The third-order valence-electron chi connectivity index (χ3n) is 4.72. The van der Waals surface area contributed by atoms with Crippen LogP contribution in [0.1, 0.15) is 43.7 Å². The van der Waals surface area contributed by atoms with E-state index in [1.54, 1.807) is 24.3 Å². The van der Waals surface area contributed by atoms with Crippen LogP contribution in [0.15, 0.2) is 47.4 Å². The fourth-order valence-corrected chi connectivity index (χ4v) is 4.19. The second-order valence-corrected chi connectivity index (χ2v) is 8.28.